The van der Waals surface area contributed by atoms with E-state index in [0.717, 1.165) is 0 Å². The molecule has 140 valence electrons. The summed E-state index contributed by atoms with van der Waals surface area (Å²) in [5.74, 6) is -0.251. The minimum absolute atomic E-state index is 0.0668. The molecular weight excluding hydrogens is 337 g/mol. The maximum absolute atomic E-state index is 13.8. The molecule has 0 saturated heterocycles. The van der Waals surface area contributed by atoms with Gasteiger partial charge < -0.3 is 14.5 Å². The lowest BCUT2D eigenvalue weighted by Crippen LogP contribution is -2.46. The van der Waals surface area contributed by atoms with Crippen LogP contribution in [0.15, 0.2) is 40.8 Å². The lowest BCUT2D eigenvalue weighted by Gasteiger charge is -2.23. The molecule has 26 heavy (non-hydrogen) atoms. The number of furan rings is 1. The van der Waals surface area contributed by atoms with E-state index in [-0.39, 0.29) is 18.1 Å². The fraction of sp³-hybridized carbons (Fsp3) is 0.400. The number of esters is 1. The van der Waals surface area contributed by atoms with Crippen molar-refractivity contribution in [1.82, 2.24) is 5.32 Å². The van der Waals surface area contributed by atoms with Crippen LogP contribution in [-0.2, 0) is 20.7 Å². The number of aryl methyl sites for hydroxylation is 1. The Morgan fingerprint density at radius 3 is 2.54 bits per heavy atom. The molecule has 0 saturated carbocycles. The van der Waals surface area contributed by atoms with Crippen LogP contribution in [0, 0.1) is 5.82 Å². The van der Waals surface area contributed by atoms with Gasteiger partial charge in [-0.1, -0.05) is 12.1 Å². The molecule has 1 aromatic carbocycles. The molecule has 5 nitrogen and oxygen atoms in total. The smallest absolute Gasteiger partial charge is 0.307 e. The zero-order valence-electron chi connectivity index (χ0n) is 15.5. The van der Waals surface area contributed by atoms with Gasteiger partial charge in [-0.3, -0.25) is 9.59 Å². The van der Waals surface area contributed by atoms with Gasteiger partial charge in [-0.2, -0.15) is 0 Å². The molecule has 0 aliphatic rings. The van der Waals surface area contributed by atoms with Crippen LogP contribution in [0.3, 0.4) is 0 Å². The molecule has 6 heteroatoms. The molecule has 0 bridgehead atoms. The molecule has 1 heterocycles. The molecule has 0 aliphatic carbocycles. The summed E-state index contributed by atoms with van der Waals surface area (Å²) in [6.07, 6.45) is -0.495. The highest BCUT2D eigenvalue weighted by atomic mass is 19.1. The Morgan fingerprint density at radius 2 is 1.88 bits per heavy atom. The molecule has 0 unspecified atom stereocenters. The van der Waals surface area contributed by atoms with E-state index in [1.54, 1.807) is 30.3 Å². The fourth-order valence-electron chi connectivity index (χ4n) is 2.32. The second-order valence-corrected chi connectivity index (χ2v) is 7.12. The summed E-state index contributed by atoms with van der Waals surface area (Å²) in [6, 6.07) is 9.68. The summed E-state index contributed by atoms with van der Waals surface area (Å²) in [6.45, 7) is 7.08. The van der Waals surface area contributed by atoms with Gasteiger partial charge in [0, 0.05) is 12.0 Å². The van der Waals surface area contributed by atoms with Crippen LogP contribution in [0.2, 0.25) is 0 Å². The molecule has 0 radical (unpaired) electrons. The van der Waals surface area contributed by atoms with Crippen molar-refractivity contribution >= 4 is 11.9 Å². The van der Waals surface area contributed by atoms with E-state index in [2.05, 4.69) is 5.32 Å². The lowest BCUT2D eigenvalue weighted by molar-refractivity contribution is -0.155. The first-order chi connectivity index (χ1) is 12.2. The van der Waals surface area contributed by atoms with E-state index in [1.807, 2.05) is 20.8 Å². The Morgan fingerprint density at radius 1 is 1.19 bits per heavy atom. The average Bonchev–Trinajstić information content (AvgIpc) is 3.00. The van der Waals surface area contributed by atoms with Crippen LogP contribution in [0.4, 0.5) is 4.39 Å². The molecule has 1 amide bonds. The molecule has 2 aromatic rings. The predicted molar refractivity (Wildman–Crippen MR) is 95.9 cm³/mol. The van der Waals surface area contributed by atoms with E-state index < -0.39 is 17.6 Å². The van der Waals surface area contributed by atoms with Crippen molar-refractivity contribution in [3.63, 3.8) is 0 Å². The number of carbonyl (C=O) groups excluding carboxylic acids is 2. The van der Waals surface area contributed by atoms with Crippen molar-refractivity contribution < 1.29 is 23.1 Å². The largest absolute Gasteiger partial charge is 0.461 e. The van der Waals surface area contributed by atoms with Crippen LogP contribution in [0.5, 0.6) is 0 Å². The SMILES string of the molecule is C[C@@H](OC(=O)CCc1ccc(-c2ccccc2F)o1)C(=O)NC(C)(C)C. The Kier molecular flexibility index (Phi) is 6.18. The quantitative estimate of drug-likeness (QED) is 0.793. The van der Waals surface area contributed by atoms with Crippen LogP contribution >= 0.6 is 0 Å². The first kappa shape index (κ1) is 19.7. The van der Waals surface area contributed by atoms with Crippen LogP contribution < -0.4 is 5.32 Å². The minimum Gasteiger partial charge on any atom is -0.461 e. The normalized spacial score (nSPS) is 12.5. The third kappa shape index (κ3) is 5.72. The lowest BCUT2D eigenvalue weighted by atomic mass is 10.1. The van der Waals surface area contributed by atoms with Gasteiger partial charge in [-0.05, 0) is 52.0 Å². The summed E-state index contributed by atoms with van der Waals surface area (Å²) >= 11 is 0. The van der Waals surface area contributed by atoms with E-state index in [0.29, 0.717) is 23.5 Å². The second kappa shape index (κ2) is 8.17. The number of nitrogens with one attached hydrogen (secondary N) is 1. The molecule has 1 aromatic heterocycles. The number of hydrogen-bond acceptors (Lipinski definition) is 4. The summed E-state index contributed by atoms with van der Waals surface area (Å²) < 4.78 is 24.5. The van der Waals surface area contributed by atoms with Gasteiger partial charge in [0.2, 0.25) is 0 Å². The number of benzene rings is 1. The van der Waals surface area contributed by atoms with Gasteiger partial charge >= 0.3 is 5.97 Å². The molecular formula is C20H24FNO4. The molecule has 1 N–H and O–H groups in total. The Balaban J connectivity index is 1.86. The number of hydrogen-bond donors (Lipinski definition) is 1. The second-order valence-electron chi connectivity index (χ2n) is 7.12. The van der Waals surface area contributed by atoms with E-state index in [1.165, 1.54) is 13.0 Å². The number of carbonyl (C=O) groups is 2. The van der Waals surface area contributed by atoms with Crippen LogP contribution in [-0.4, -0.2) is 23.5 Å². The van der Waals surface area contributed by atoms with Gasteiger partial charge in [0.05, 0.1) is 12.0 Å². The van der Waals surface area contributed by atoms with Crippen molar-refractivity contribution in [2.45, 2.75) is 52.2 Å². The van der Waals surface area contributed by atoms with E-state index in [9.17, 15) is 14.0 Å². The highest BCUT2D eigenvalue weighted by Crippen LogP contribution is 2.25. The maximum Gasteiger partial charge on any atom is 0.307 e. The van der Waals surface area contributed by atoms with Crippen molar-refractivity contribution in [2.24, 2.45) is 0 Å². The zero-order valence-corrected chi connectivity index (χ0v) is 15.5. The average molecular weight is 361 g/mol. The van der Waals surface area contributed by atoms with Crippen LogP contribution in [0.25, 0.3) is 11.3 Å². The van der Waals surface area contributed by atoms with Gasteiger partial charge in [0.15, 0.2) is 6.10 Å². The summed E-state index contributed by atoms with van der Waals surface area (Å²) in [5.41, 5.74) is -0.0246. The minimum atomic E-state index is -0.868. The summed E-state index contributed by atoms with van der Waals surface area (Å²) in [5, 5.41) is 2.75. The van der Waals surface area contributed by atoms with E-state index >= 15 is 0 Å². The van der Waals surface area contributed by atoms with Crippen LogP contribution in [0.1, 0.15) is 39.9 Å². The number of ether oxygens (including phenoxy) is 1. The highest BCUT2D eigenvalue weighted by Gasteiger charge is 2.22. The van der Waals surface area contributed by atoms with Crippen molar-refractivity contribution in [3.8, 4) is 11.3 Å². The van der Waals surface area contributed by atoms with Crippen molar-refractivity contribution in [1.29, 1.82) is 0 Å². The fourth-order valence-corrected chi connectivity index (χ4v) is 2.32. The highest BCUT2D eigenvalue weighted by molar-refractivity contribution is 5.83. The van der Waals surface area contributed by atoms with Gasteiger partial charge in [-0.15, -0.1) is 0 Å². The molecule has 1 atom stereocenters. The Hall–Kier alpha value is -2.63. The molecule has 2 rings (SSSR count). The third-order valence-electron chi connectivity index (χ3n) is 3.55. The third-order valence-corrected chi connectivity index (χ3v) is 3.55. The standard InChI is InChI=1S/C20H24FNO4/c1-13(19(24)22-20(2,3)4)25-18(23)12-10-14-9-11-17(26-14)15-7-5-6-8-16(15)21/h5-9,11,13H,10,12H2,1-4H3,(H,22,24)/t13-/m1/s1. The maximum atomic E-state index is 13.8. The number of amides is 1. The molecule has 0 fully saturated rings. The molecule has 0 spiro atoms. The Bertz CT molecular complexity index is 776. The molecule has 0 aliphatic heterocycles. The summed E-state index contributed by atoms with van der Waals surface area (Å²) in [4.78, 5) is 23.8. The van der Waals surface area contributed by atoms with Gasteiger partial charge in [0.25, 0.3) is 5.91 Å². The first-order valence-electron chi connectivity index (χ1n) is 8.51. The topological polar surface area (TPSA) is 68.5 Å². The summed E-state index contributed by atoms with van der Waals surface area (Å²) in [7, 11) is 0. The van der Waals surface area contributed by atoms with Crippen molar-refractivity contribution in [2.75, 3.05) is 0 Å². The van der Waals surface area contributed by atoms with E-state index in [4.69, 9.17) is 9.15 Å². The van der Waals surface area contributed by atoms with Crippen molar-refractivity contribution in [3.05, 3.63) is 48.0 Å². The zero-order chi connectivity index (χ0) is 19.3. The predicted octanol–water partition coefficient (Wildman–Crippen LogP) is 3.86. The van der Waals surface area contributed by atoms with Gasteiger partial charge in [0.1, 0.15) is 17.3 Å². The number of rotatable bonds is 6. The Labute approximate surface area is 152 Å². The van der Waals surface area contributed by atoms with Gasteiger partial charge in [-0.25, -0.2) is 4.39 Å². The first-order valence-corrected chi connectivity index (χ1v) is 8.51. The monoisotopic (exact) mass is 361 g/mol. The number of halogens is 1.